The molecule has 1 rings (SSSR count). The van der Waals surface area contributed by atoms with E-state index in [0.29, 0.717) is 0 Å². The molecule has 8 heteroatoms. The first-order valence-corrected chi connectivity index (χ1v) is 6.71. The SMILES string of the molecule is Cl.Cl.Cl.Cl.NCCCCN1CCN(CCCCN)CC1. The molecule has 1 fully saturated rings. The lowest BCUT2D eigenvalue weighted by Crippen LogP contribution is -2.46. The summed E-state index contributed by atoms with van der Waals surface area (Å²) in [7, 11) is 0. The molecule has 0 spiro atoms. The fourth-order valence-corrected chi connectivity index (χ4v) is 2.20. The summed E-state index contributed by atoms with van der Waals surface area (Å²) in [5.41, 5.74) is 11.0. The quantitative estimate of drug-likeness (QED) is 0.636. The van der Waals surface area contributed by atoms with Gasteiger partial charge in [0.1, 0.15) is 0 Å². The van der Waals surface area contributed by atoms with Gasteiger partial charge in [0.2, 0.25) is 0 Å². The largest absolute Gasteiger partial charge is 0.330 e. The number of unbranched alkanes of at least 4 members (excludes halogenated alkanes) is 2. The second kappa shape index (κ2) is 20.0. The molecule has 1 heterocycles. The Labute approximate surface area is 149 Å². The first kappa shape index (κ1) is 29.1. The number of nitrogens with two attached hydrogens (primary N) is 2. The number of rotatable bonds is 8. The topological polar surface area (TPSA) is 58.5 Å². The molecule has 4 N–H and O–H groups in total. The van der Waals surface area contributed by atoms with E-state index in [1.165, 1.54) is 52.1 Å². The number of piperazine rings is 1. The molecule has 128 valence electrons. The van der Waals surface area contributed by atoms with Gasteiger partial charge in [0, 0.05) is 26.2 Å². The van der Waals surface area contributed by atoms with E-state index in [1.807, 2.05) is 0 Å². The first-order valence-electron chi connectivity index (χ1n) is 6.71. The lowest BCUT2D eigenvalue weighted by molar-refractivity contribution is 0.129. The summed E-state index contributed by atoms with van der Waals surface area (Å²) in [6, 6.07) is 0. The summed E-state index contributed by atoms with van der Waals surface area (Å²) in [5.74, 6) is 0. The van der Waals surface area contributed by atoms with Gasteiger partial charge in [-0.3, -0.25) is 0 Å². The van der Waals surface area contributed by atoms with E-state index in [0.717, 1.165) is 25.9 Å². The van der Waals surface area contributed by atoms with E-state index in [2.05, 4.69) is 9.80 Å². The second-order valence-corrected chi connectivity index (χ2v) is 4.67. The average molecular weight is 374 g/mol. The predicted octanol–water partition coefficient (Wildman–Crippen LogP) is 1.77. The van der Waals surface area contributed by atoms with Crippen LogP contribution in [0.3, 0.4) is 0 Å². The molecule has 0 amide bonds. The molecule has 0 aliphatic carbocycles. The van der Waals surface area contributed by atoms with Gasteiger partial charge in [-0.15, -0.1) is 49.6 Å². The Bertz CT molecular complexity index is 152. The van der Waals surface area contributed by atoms with Crippen LogP contribution in [-0.2, 0) is 0 Å². The smallest absolute Gasteiger partial charge is 0.0110 e. The van der Waals surface area contributed by atoms with Crippen LogP contribution in [0.4, 0.5) is 0 Å². The zero-order chi connectivity index (χ0) is 11.6. The van der Waals surface area contributed by atoms with Gasteiger partial charge in [-0.1, -0.05) is 0 Å². The predicted molar refractivity (Wildman–Crippen MR) is 98.4 cm³/mol. The third-order valence-electron chi connectivity index (χ3n) is 3.32. The molecule has 0 aromatic heterocycles. The maximum atomic E-state index is 5.50. The maximum Gasteiger partial charge on any atom is 0.0110 e. The van der Waals surface area contributed by atoms with Gasteiger partial charge in [-0.25, -0.2) is 0 Å². The molecule has 0 radical (unpaired) electrons. The molecule has 0 aromatic carbocycles. The van der Waals surface area contributed by atoms with Crippen molar-refractivity contribution in [2.45, 2.75) is 25.7 Å². The summed E-state index contributed by atoms with van der Waals surface area (Å²) in [4.78, 5) is 5.13. The van der Waals surface area contributed by atoms with E-state index in [1.54, 1.807) is 0 Å². The molecule has 4 nitrogen and oxygen atoms in total. The van der Waals surface area contributed by atoms with Gasteiger partial charge in [-0.2, -0.15) is 0 Å². The van der Waals surface area contributed by atoms with Crippen molar-refractivity contribution >= 4 is 49.6 Å². The Morgan fingerprint density at radius 3 is 1.10 bits per heavy atom. The van der Waals surface area contributed by atoms with Crippen LogP contribution in [0.5, 0.6) is 0 Å². The Hall–Kier alpha value is 1.000. The van der Waals surface area contributed by atoms with Crippen LogP contribution in [0.25, 0.3) is 0 Å². The Morgan fingerprint density at radius 2 is 0.850 bits per heavy atom. The van der Waals surface area contributed by atoms with Gasteiger partial charge in [0.05, 0.1) is 0 Å². The highest BCUT2D eigenvalue weighted by Crippen LogP contribution is 2.04. The van der Waals surface area contributed by atoms with Crippen LogP contribution < -0.4 is 11.5 Å². The van der Waals surface area contributed by atoms with Crippen LogP contribution in [0.2, 0.25) is 0 Å². The molecule has 1 aliphatic rings. The standard InChI is InChI=1S/C12H28N4.4ClH/c13-5-1-3-7-15-9-11-16(12-10-15)8-4-2-6-14;;;;/h1-14H2;4*1H. The lowest BCUT2D eigenvalue weighted by Gasteiger charge is -2.34. The van der Waals surface area contributed by atoms with E-state index in [4.69, 9.17) is 11.5 Å². The third-order valence-corrected chi connectivity index (χ3v) is 3.32. The van der Waals surface area contributed by atoms with Crippen LogP contribution >= 0.6 is 49.6 Å². The van der Waals surface area contributed by atoms with Gasteiger partial charge >= 0.3 is 0 Å². The van der Waals surface area contributed by atoms with Crippen LogP contribution in [0.15, 0.2) is 0 Å². The molecule has 0 aromatic rings. The van der Waals surface area contributed by atoms with E-state index < -0.39 is 0 Å². The molecule has 0 unspecified atom stereocenters. The van der Waals surface area contributed by atoms with E-state index >= 15 is 0 Å². The number of hydrogen-bond donors (Lipinski definition) is 2. The van der Waals surface area contributed by atoms with Crippen molar-refractivity contribution in [1.82, 2.24) is 9.80 Å². The second-order valence-electron chi connectivity index (χ2n) is 4.67. The molecule has 0 bridgehead atoms. The molecule has 0 atom stereocenters. The number of hydrogen-bond acceptors (Lipinski definition) is 4. The lowest BCUT2D eigenvalue weighted by atomic mass is 10.2. The van der Waals surface area contributed by atoms with Crippen molar-refractivity contribution < 1.29 is 0 Å². The summed E-state index contributed by atoms with van der Waals surface area (Å²) < 4.78 is 0. The van der Waals surface area contributed by atoms with Gasteiger partial charge in [-0.05, 0) is 51.9 Å². The normalized spacial score (nSPS) is 15.3. The summed E-state index contributed by atoms with van der Waals surface area (Å²) in [6.45, 7) is 9.04. The van der Waals surface area contributed by atoms with E-state index in [-0.39, 0.29) is 49.6 Å². The molecule has 20 heavy (non-hydrogen) atoms. The van der Waals surface area contributed by atoms with Crippen molar-refractivity contribution in [3.63, 3.8) is 0 Å². The van der Waals surface area contributed by atoms with Crippen molar-refractivity contribution in [3.8, 4) is 0 Å². The third kappa shape index (κ3) is 14.0. The molecule has 1 aliphatic heterocycles. The van der Waals surface area contributed by atoms with Crippen molar-refractivity contribution in [1.29, 1.82) is 0 Å². The highest BCUT2D eigenvalue weighted by molar-refractivity contribution is 5.86. The minimum absolute atomic E-state index is 0. The fraction of sp³-hybridized carbons (Fsp3) is 1.00. The minimum Gasteiger partial charge on any atom is -0.330 e. The highest BCUT2D eigenvalue weighted by atomic mass is 35.5. The summed E-state index contributed by atoms with van der Waals surface area (Å²) in [5, 5.41) is 0. The molecule has 1 saturated heterocycles. The van der Waals surface area contributed by atoms with Crippen LogP contribution in [0.1, 0.15) is 25.7 Å². The zero-order valence-electron chi connectivity index (χ0n) is 12.2. The maximum absolute atomic E-state index is 5.50. The summed E-state index contributed by atoms with van der Waals surface area (Å²) in [6.07, 6.45) is 4.83. The zero-order valence-corrected chi connectivity index (χ0v) is 15.4. The Balaban J connectivity index is -0.000000320. The number of nitrogens with zero attached hydrogens (tertiary/aromatic N) is 2. The van der Waals surface area contributed by atoms with Gasteiger partial charge in [0.25, 0.3) is 0 Å². The highest BCUT2D eigenvalue weighted by Gasteiger charge is 2.15. The average Bonchev–Trinajstić information content (AvgIpc) is 2.32. The summed E-state index contributed by atoms with van der Waals surface area (Å²) >= 11 is 0. The first-order chi connectivity index (χ1) is 7.86. The Morgan fingerprint density at radius 1 is 0.550 bits per heavy atom. The van der Waals surface area contributed by atoms with Gasteiger partial charge < -0.3 is 21.3 Å². The van der Waals surface area contributed by atoms with Crippen molar-refractivity contribution in [2.24, 2.45) is 11.5 Å². The van der Waals surface area contributed by atoms with Gasteiger partial charge in [0.15, 0.2) is 0 Å². The minimum atomic E-state index is 0. The van der Waals surface area contributed by atoms with Crippen LogP contribution in [-0.4, -0.2) is 62.2 Å². The number of halogens is 4. The fourth-order valence-electron chi connectivity index (χ4n) is 2.20. The monoisotopic (exact) mass is 372 g/mol. The van der Waals surface area contributed by atoms with E-state index in [9.17, 15) is 0 Å². The van der Waals surface area contributed by atoms with Crippen LogP contribution in [0, 0.1) is 0 Å². The molecular formula is C12H32Cl4N4. The molecule has 0 saturated carbocycles. The van der Waals surface area contributed by atoms with Crippen molar-refractivity contribution in [3.05, 3.63) is 0 Å². The molecular weight excluding hydrogens is 342 g/mol. The van der Waals surface area contributed by atoms with Crippen molar-refractivity contribution in [2.75, 3.05) is 52.4 Å². The Kier molecular flexibility index (Phi) is 29.1.